The van der Waals surface area contributed by atoms with Crippen LogP contribution in [0.4, 0.5) is 5.69 Å². The van der Waals surface area contributed by atoms with E-state index in [1.54, 1.807) is 29.2 Å². The zero-order valence-electron chi connectivity index (χ0n) is 15.2. The number of nitrogens with one attached hydrogen (secondary N) is 1. The molecule has 1 aliphatic heterocycles. The zero-order valence-corrected chi connectivity index (χ0v) is 15.2. The van der Waals surface area contributed by atoms with Gasteiger partial charge in [0.15, 0.2) is 0 Å². The molecule has 5 nitrogen and oxygen atoms in total. The Balaban J connectivity index is 1.85. The monoisotopic (exact) mass is 346 g/mol. The van der Waals surface area contributed by atoms with Crippen LogP contribution in [0.1, 0.15) is 68.6 Å². The lowest BCUT2D eigenvalue weighted by Gasteiger charge is -2.30. The van der Waals surface area contributed by atoms with Gasteiger partial charge in [-0.1, -0.05) is 38.7 Å². The average Bonchev–Trinajstić information content (AvgIpc) is 2.61. The van der Waals surface area contributed by atoms with E-state index in [0.29, 0.717) is 30.8 Å². The Morgan fingerprint density at radius 3 is 2.80 bits per heavy atom. The maximum absolute atomic E-state index is 12.6. The number of hydrogen-bond acceptors (Lipinski definition) is 3. The number of anilines is 1. The number of piperidine rings is 1. The maximum Gasteiger partial charge on any atom is 0.254 e. The molecular weight excluding hydrogens is 316 g/mol. The molecule has 1 unspecified atom stereocenters. The Morgan fingerprint density at radius 1 is 1.24 bits per heavy atom. The van der Waals surface area contributed by atoms with Crippen LogP contribution in [0, 0.1) is 0 Å². The quantitative estimate of drug-likeness (QED) is 0.707. The first-order valence-corrected chi connectivity index (χ1v) is 9.47. The highest BCUT2D eigenvalue weighted by atomic mass is 16.3. The van der Waals surface area contributed by atoms with Crippen molar-refractivity contribution < 1.29 is 14.7 Å². The zero-order chi connectivity index (χ0) is 18.1. The Morgan fingerprint density at radius 2 is 2.04 bits per heavy atom. The van der Waals surface area contributed by atoms with Crippen molar-refractivity contribution >= 4 is 17.5 Å². The second-order valence-electron chi connectivity index (χ2n) is 6.84. The number of aliphatic hydroxyl groups excluding tert-OH is 1. The summed E-state index contributed by atoms with van der Waals surface area (Å²) in [6.45, 7) is 3.23. The Bertz CT molecular complexity index is 574. The predicted octanol–water partition coefficient (Wildman–Crippen LogP) is 3.58. The second-order valence-corrected chi connectivity index (χ2v) is 6.84. The summed E-state index contributed by atoms with van der Waals surface area (Å²) in [4.78, 5) is 26.3. The van der Waals surface area contributed by atoms with E-state index < -0.39 is 6.10 Å². The minimum absolute atomic E-state index is 0.00510. The van der Waals surface area contributed by atoms with Gasteiger partial charge in [0, 0.05) is 30.8 Å². The highest BCUT2D eigenvalue weighted by molar-refractivity contribution is 5.97. The first kappa shape index (κ1) is 19.4. The van der Waals surface area contributed by atoms with Crippen molar-refractivity contribution in [3.63, 3.8) is 0 Å². The third kappa shape index (κ3) is 6.50. The van der Waals surface area contributed by atoms with Crippen molar-refractivity contribution in [2.75, 3.05) is 18.4 Å². The fourth-order valence-electron chi connectivity index (χ4n) is 3.16. The summed E-state index contributed by atoms with van der Waals surface area (Å²) in [5.41, 5.74) is 1.21. The van der Waals surface area contributed by atoms with Gasteiger partial charge in [-0.15, -0.1) is 0 Å². The third-order valence-electron chi connectivity index (χ3n) is 4.58. The standard InChI is InChI=1S/C20H30N2O3/c1-2-3-4-5-6-12-19(24)21-17-10-7-9-16(14-17)20(25)22-13-8-11-18(23)15-22/h7,9-10,14,18,23H,2-6,8,11-13,15H2,1H3,(H,21,24). The Hall–Kier alpha value is -1.88. The highest BCUT2D eigenvalue weighted by Gasteiger charge is 2.23. The number of aliphatic hydroxyl groups is 1. The van der Waals surface area contributed by atoms with Crippen molar-refractivity contribution in [3.8, 4) is 0 Å². The van der Waals surface area contributed by atoms with Gasteiger partial charge in [-0.3, -0.25) is 9.59 Å². The van der Waals surface area contributed by atoms with Gasteiger partial charge >= 0.3 is 0 Å². The molecule has 138 valence electrons. The molecule has 0 bridgehead atoms. The number of carbonyl (C=O) groups excluding carboxylic acids is 2. The number of hydrogen-bond donors (Lipinski definition) is 2. The van der Waals surface area contributed by atoms with Crippen LogP contribution in [-0.4, -0.2) is 41.0 Å². The third-order valence-corrected chi connectivity index (χ3v) is 4.58. The summed E-state index contributed by atoms with van der Waals surface area (Å²) >= 11 is 0. The molecule has 2 amide bonds. The normalized spacial score (nSPS) is 17.4. The molecular formula is C20H30N2O3. The van der Waals surface area contributed by atoms with E-state index in [0.717, 1.165) is 25.7 Å². The van der Waals surface area contributed by atoms with Crippen LogP contribution in [0.25, 0.3) is 0 Å². The Kier molecular flexibility index (Phi) is 7.92. The van der Waals surface area contributed by atoms with Gasteiger partial charge in [-0.05, 0) is 37.5 Å². The molecule has 1 atom stereocenters. The topological polar surface area (TPSA) is 69.6 Å². The molecule has 0 saturated carbocycles. The number of nitrogens with zero attached hydrogens (tertiary/aromatic N) is 1. The van der Waals surface area contributed by atoms with Crippen LogP contribution >= 0.6 is 0 Å². The van der Waals surface area contributed by atoms with Crippen LogP contribution < -0.4 is 5.32 Å². The number of rotatable bonds is 8. The number of unbranched alkanes of at least 4 members (excludes halogenated alkanes) is 4. The van der Waals surface area contributed by atoms with Crippen molar-refractivity contribution in [3.05, 3.63) is 29.8 Å². The number of benzene rings is 1. The summed E-state index contributed by atoms with van der Waals surface area (Å²) in [7, 11) is 0. The summed E-state index contributed by atoms with van der Waals surface area (Å²) in [5, 5.41) is 12.6. The molecule has 2 rings (SSSR count). The predicted molar refractivity (Wildman–Crippen MR) is 99.6 cm³/mol. The fourth-order valence-corrected chi connectivity index (χ4v) is 3.16. The van der Waals surface area contributed by atoms with Crippen molar-refractivity contribution in [2.24, 2.45) is 0 Å². The first-order chi connectivity index (χ1) is 12.1. The molecule has 1 aromatic carbocycles. The molecule has 1 saturated heterocycles. The van der Waals surface area contributed by atoms with E-state index in [2.05, 4.69) is 12.2 Å². The van der Waals surface area contributed by atoms with Crippen LogP contribution in [0.3, 0.4) is 0 Å². The largest absolute Gasteiger partial charge is 0.391 e. The average molecular weight is 346 g/mol. The molecule has 1 heterocycles. The maximum atomic E-state index is 12.6. The van der Waals surface area contributed by atoms with Gasteiger partial charge in [0.25, 0.3) is 5.91 Å². The summed E-state index contributed by atoms with van der Waals surface area (Å²) in [6, 6.07) is 7.06. The smallest absolute Gasteiger partial charge is 0.254 e. The lowest BCUT2D eigenvalue weighted by atomic mass is 10.1. The van der Waals surface area contributed by atoms with E-state index in [9.17, 15) is 14.7 Å². The summed E-state index contributed by atoms with van der Waals surface area (Å²) in [5.74, 6) is -0.0936. The molecule has 0 radical (unpaired) electrons. The van der Waals surface area contributed by atoms with Crippen LogP contribution in [-0.2, 0) is 4.79 Å². The Labute approximate surface area is 150 Å². The van der Waals surface area contributed by atoms with Crippen LogP contribution in [0.2, 0.25) is 0 Å². The molecule has 1 aromatic rings. The van der Waals surface area contributed by atoms with Crippen molar-refractivity contribution in [1.82, 2.24) is 4.90 Å². The molecule has 1 aliphatic rings. The number of β-amino-alcohol motifs (C(OH)–C–C–N with tert-alkyl or cyclic N) is 1. The van der Waals surface area contributed by atoms with Gasteiger partial charge in [-0.2, -0.15) is 0 Å². The van der Waals surface area contributed by atoms with Gasteiger partial charge < -0.3 is 15.3 Å². The minimum atomic E-state index is -0.437. The number of likely N-dealkylation sites (tertiary alicyclic amines) is 1. The van der Waals surface area contributed by atoms with Gasteiger partial charge in [-0.25, -0.2) is 0 Å². The van der Waals surface area contributed by atoms with E-state index in [1.807, 2.05) is 0 Å². The van der Waals surface area contributed by atoms with Gasteiger partial charge in [0.1, 0.15) is 0 Å². The highest BCUT2D eigenvalue weighted by Crippen LogP contribution is 2.17. The molecule has 1 fully saturated rings. The summed E-state index contributed by atoms with van der Waals surface area (Å²) < 4.78 is 0. The van der Waals surface area contributed by atoms with Crippen molar-refractivity contribution in [1.29, 1.82) is 0 Å². The summed E-state index contributed by atoms with van der Waals surface area (Å²) in [6.07, 6.45) is 7.22. The molecule has 25 heavy (non-hydrogen) atoms. The molecule has 0 aromatic heterocycles. The SMILES string of the molecule is CCCCCCCC(=O)Nc1cccc(C(=O)N2CCCC(O)C2)c1. The lowest BCUT2D eigenvalue weighted by molar-refractivity contribution is -0.116. The molecule has 5 heteroatoms. The van der Waals surface area contributed by atoms with Crippen LogP contribution in [0.5, 0.6) is 0 Å². The van der Waals surface area contributed by atoms with E-state index >= 15 is 0 Å². The van der Waals surface area contributed by atoms with E-state index in [4.69, 9.17) is 0 Å². The van der Waals surface area contributed by atoms with Crippen LogP contribution in [0.15, 0.2) is 24.3 Å². The first-order valence-electron chi connectivity index (χ1n) is 9.47. The van der Waals surface area contributed by atoms with Gasteiger partial charge in [0.2, 0.25) is 5.91 Å². The fraction of sp³-hybridized carbons (Fsp3) is 0.600. The van der Waals surface area contributed by atoms with Crippen molar-refractivity contribution in [2.45, 2.75) is 64.4 Å². The second kappa shape index (κ2) is 10.2. The molecule has 0 aliphatic carbocycles. The molecule has 2 N–H and O–H groups in total. The lowest BCUT2D eigenvalue weighted by Crippen LogP contribution is -2.42. The van der Waals surface area contributed by atoms with E-state index in [-0.39, 0.29) is 11.8 Å². The number of carbonyl (C=O) groups is 2. The van der Waals surface area contributed by atoms with E-state index in [1.165, 1.54) is 19.3 Å². The molecule has 0 spiro atoms. The number of amides is 2. The minimum Gasteiger partial charge on any atom is -0.391 e. The van der Waals surface area contributed by atoms with Gasteiger partial charge in [0.05, 0.1) is 6.10 Å².